The van der Waals surface area contributed by atoms with Gasteiger partial charge >= 0.3 is 0 Å². The second-order valence-corrected chi connectivity index (χ2v) is 5.40. The molecule has 0 aromatic heterocycles. The average molecular weight is 236 g/mol. The summed E-state index contributed by atoms with van der Waals surface area (Å²) in [6, 6.07) is 0. The Hall–Kier alpha value is -0.560. The largest absolute Gasteiger partial charge is 0.374 e. The van der Waals surface area contributed by atoms with Gasteiger partial charge in [0.1, 0.15) is 0 Å². The minimum Gasteiger partial charge on any atom is -0.374 e. The van der Waals surface area contributed by atoms with Gasteiger partial charge in [0.25, 0.3) is 0 Å². The lowest BCUT2D eigenvalue weighted by molar-refractivity contribution is 0.0463. The topological polar surface area (TPSA) is 9.23 Å². The third-order valence-corrected chi connectivity index (χ3v) is 3.71. The number of hydrogen-bond acceptors (Lipinski definition) is 1. The van der Waals surface area contributed by atoms with Crippen LogP contribution in [0.25, 0.3) is 0 Å². The van der Waals surface area contributed by atoms with E-state index in [-0.39, 0.29) is 0 Å². The van der Waals surface area contributed by atoms with Crippen molar-refractivity contribution in [3.05, 3.63) is 24.3 Å². The Morgan fingerprint density at radius 2 is 2.06 bits per heavy atom. The molecule has 1 saturated carbocycles. The van der Waals surface area contributed by atoms with Crippen LogP contribution in [0.3, 0.4) is 0 Å². The smallest absolute Gasteiger partial charge is 0.0653 e. The average Bonchev–Trinajstić information content (AvgIpc) is 2.37. The van der Waals surface area contributed by atoms with E-state index in [9.17, 15) is 0 Å². The van der Waals surface area contributed by atoms with Crippen molar-refractivity contribution in [2.45, 2.75) is 64.9 Å². The summed E-state index contributed by atoms with van der Waals surface area (Å²) in [6.07, 6.45) is 13.8. The van der Waals surface area contributed by atoms with Crippen LogP contribution in [0.5, 0.6) is 0 Å². The predicted octanol–water partition coefficient (Wildman–Crippen LogP) is 4.88. The van der Waals surface area contributed by atoms with E-state index in [0.717, 1.165) is 6.61 Å². The molecule has 1 fully saturated rings. The second kappa shape index (κ2) is 8.52. The van der Waals surface area contributed by atoms with Crippen LogP contribution >= 0.6 is 0 Å². The first-order valence-electron chi connectivity index (χ1n) is 7.12. The van der Waals surface area contributed by atoms with E-state index in [1.807, 2.05) is 6.08 Å². The van der Waals surface area contributed by atoms with Gasteiger partial charge in [-0.3, -0.25) is 0 Å². The Kier molecular flexibility index (Phi) is 7.27. The maximum absolute atomic E-state index is 5.89. The molecule has 1 nitrogen and oxygen atoms in total. The fourth-order valence-electron chi connectivity index (χ4n) is 2.23. The molecule has 0 aromatic rings. The molecule has 98 valence electrons. The molecule has 0 aromatic carbocycles. The highest BCUT2D eigenvalue weighted by atomic mass is 16.5. The number of allylic oxidation sites excluding steroid dienone is 2. The highest BCUT2D eigenvalue weighted by Gasteiger charge is 2.12. The van der Waals surface area contributed by atoms with Gasteiger partial charge in [-0.05, 0) is 38.5 Å². The Labute approximate surface area is 107 Å². The maximum Gasteiger partial charge on any atom is 0.0653 e. The number of hydrogen-bond donors (Lipinski definition) is 0. The molecule has 1 heteroatoms. The van der Waals surface area contributed by atoms with Gasteiger partial charge < -0.3 is 4.74 Å². The molecule has 0 aliphatic heterocycles. The van der Waals surface area contributed by atoms with Gasteiger partial charge in [0.05, 0.1) is 12.7 Å². The van der Waals surface area contributed by atoms with Crippen molar-refractivity contribution in [3.8, 4) is 0 Å². The first-order valence-corrected chi connectivity index (χ1v) is 7.12. The van der Waals surface area contributed by atoms with Crippen molar-refractivity contribution in [3.63, 3.8) is 0 Å². The minimum atomic E-state index is 0.528. The molecule has 1 atom stereocenters. The summed E-state index contributed by atoms with van der Waals surface area (Å²) in [6.45, 7) is 9.05. The summed E-state index contributed by atoms with van der Waals surface area (Å²) in [4.78, 5) is 0. The fourth-order valence-corrected chi connectivity index (χ4v) is 2.23. The molecule has 0 spiro atoms. The van der Waals surface area contributed by atoms with Crippen molar-refractivity contribution in [1.29, 1.82) is 0 Å². The molecule has 0 saturated heterocycles. The van der Waals surface area contributed by atoms with Crippen LogP contribution in [0, 0.1) is 5.92 Å². The van der Waals surface area contributed by atoms with E-state index < -0.39 is 0 Å². The summed E-state index contributed by atoms with van der Waals surface area (Å²) >= 11 is 0. The van der Waals surface area contributed by atoms with Crippen LogP contribution in [0.2, 0.25) is 0 Å². The van der Waals surface area contributed by atoms with Gasteiger partial charge in [-0.1, -0.05) is 43.9 Å². The molecule has 0 bridgehead atoms. The highest BCUT2D eigenvalue weighted by molar-refractivity contribution is 4.99. The highest BCUT2D eigenvalue weighted by Crippen LogP contribution is 2.20. The Bertz CT molecular complexity index is 236. The molecule has 0 radical (unpaired) electrons. The summed E-state index contributed by atoms with van der Waals surface area (Å²) in [5.41, 5.74) is 1.45. The van der Waals surface area contributed by atoms with E-state index in [1.54, 1.807) is 0 Å². The zero-order valence-electron chi connectivity index (χ0n) is 11.6. The number of rotatable bonds is 7. The minimum absolute atomic E-state index is 0.528. The van der Waals surface area contributed by atoms with Crippen LogP contribution in [0.4, 0.5) is 0 Å². The zero-order valence-corrected chi connectivity index (χ0v) is 11.6. The van der Waals surface area contributed by atoms with Crippen molar-refractivity contribution < 1.29 is 4.74 Å². The molecule has 17 heavy (non-hydrogen) atoms. The molecule has 1 rings (SSSR count). The van der Waals surface area contributed by atoms with Crippen LogP contribution in [0.15, 0.2) is 24.3 Å². The SMILES string of the molecule is C=CC(C)CCC(C)=CCOC1CCCCC1. The molecule has 0 N–H and O–H groups in total. The van der Waals surface area contributed by atoms with Crippen LogP contribution in [-0.2, 0) is 4.74 Å². The van der Waals surface area contributed by atoms with E-state index in [4.69, 9.17) is 4.74 Å². The van der Waals surface area contributed by atoms with Crippen LogP contribution in [-0.4, -0.2) is 12.7 Å². The molecule has 1 aliphatic rings. The Balaban J connectivity index is 2.11. The van der Waals surface area contributed by atoms with Crippen molar-refractivity contribution in [1.82, 2.24) is 0 Å². The molecule has 1 unspecified atom stereocenters. The van der Waals surface area contributed by atoms with Gasteiger partial charge in [0.15, 0.2) is 0 Å². The lowest BCUT2D eigenvalue weighted by Crippen LogP contribution is -2.16. The van der Waals surface area contributed by atoms with Gasteiger partial charge in [-0.25, -0.2) is 0 Å². The molecule has 0 amide bonds. The van der Waals surface area contributed by atoms with Gasteiger partial charge in [-0.2, -0.15) is 0 Å². The normalized spacial score (nSPS) is 20.2. The lowest BCUT2D eigenvalue weighted by Gasteiger charge is -2.21. The van der Waals surface area contributed by atoms with Crippen molar-refractivity contribution in [2.75, 3.05) is 6.61 Å². The Morgan fingerprint density at radius 1 is 1.35 bits per heavy atom. The molecule has 0 heterocycles. The van der Waals surface area contributed by atoms with E-state index in [0.29, 0.717) is 12.0 Å². The first kappa shape index (κ1) is 14.5. The third kappa shape index (κ3) is 6.68. The molecule has 1 aliphatic carbocycles. The van der Waals surface area contributed by atoms with Gasteiger partial charge in [0, 0.05) is 0 Å². The second-order valence-electron chi connectivity index (χ2n) is 5.40. The third-order valence-electron chi connectivity index (χ3n) is 3.71. The quantitative estimate of drug-likeness (QED) is 0.572. The zero-order chi connectivity index (χ0) is 12.5. The van der Waals surface area contributed by atoms with Gasteiger partial charge in [-0.15, -0.1) is 6.58 Å². The first-order chi connectivity index (χ1) is 8.22. The van der Waals surface area contributed by atoms with E-state index in [2.05, 4.69) is 26.5 Å². The predicted molar refractivity (Wildman–Crippen MR) is 75.2 cm³/mol. The van der Waals surface area contributed by atoms with Crippen LogP contribution < -0.4 is 0 Å². The fraction of sp³-hybridized carbons (Fsp3) is 0.750. The summed E-state index contributed by atoms with van der Waals surface area (Å²) in [5, 5.41) is 0. The molecular weight excluding hydrogens is 208 g/mol. The van der Waals surface area contributed by atoms with Crippen molar-refractivity contribution in [2.24, 2.45) is 5.92 Å². The lowest BCUT2D eigenvalue weighted by atomic mass is 9.98. The van der Waals surface area contributed by atoms with Crippen LogP contribution in [0.1, 0.15) is 58.8 Å². The standard InChI is InChI=1S/C16H28O/c1-4-14(2)10-11-15(3)12-13-17-16-8-6-5-7-9-16/h4,12,14,16H,1,5-11,13H2,2-3H3. The maximum atomic E-state index is 5.89. The van der Waals surface area contributed by atoms with Crippen molar-refractivity contribution >= 4 is 0 Å². The van der Waals surface area contributed by atoms with Gasteiger partial charge in [0.2, 0.25) is 0 Å². The number of ether oxygens (including phenoxy) is 1. The summed E-state index contributed by atoms with van der Waals surface area (Å²) in [7, 11) is 0. The summed E-state index contributed by atoms with van der Waals surface area (Å²) < 4.78 is 5.89. The molecular formula is C16H28O. The van der Waals surface area contributed by atoms with E-state index in [1.165, 1.54) is 50.5 Å². The Morgan fingerprint density at radius 3 is 2.71 bits per heavy atom. The summed E-state index contributed by atoms with van der Waals surface area (Å²) in [5.74, 6) is 0.623. The monoisotopic (exact) mass is 236 g/mol. The van der Waals surface area contributed by atoms with E-state index >= 15 is 0 Å².